The molecule has 0 saturated carbocycles. The second-order valence-electron chi connectivity index (χ2n) is 4.62. The van der Waals surface area contributed by atoms with Crippen LogP contribution < -0.4 is 5.32 Å². The average Bonchev–Trinajstić information content (AvgIpc) is 2.67. The average molecular weight is 279 g/mol. The van der Waals surface area contributed by atoms with Crippen LogP contribution >= 0.6 is 11.6 Å². The zero-order valence-corrected chi connectivity index (χ0v) is 12.3. The second kappa shape index (κ2) is 6.17. The molecule has 2 aromatic rings. The highest BCUT2D eigenvalue weighted by Gasteiger charge is 2.11. The molecule has 0 aromatic carbocycles. The van der Waals surface area contributed by atoms with E-state index in [1.807, 2.05) is 24.7 Å². The van der Waals surface area contributed by atoms with Crippen LogP contribution in [0.2, 0.25) is 5.02 Å². The summed E-state index contributed by atoms with van der Waals surface area (Å²) in [5.41, 5.74) is 3.88. The maximum absolute atomic E-state index is 6.17. The van der Waals surface area contributed by atoms with E-state index >= 15 is 0 Å². The summed E-state index contributed by atoms with van der Waals surface area (Å²) in [4.78, 5) is 4.28. The fourth-order valence-electron chi connectivity index (χ4n) is 1.97. The van der Waals surface area contributed by atoms with Gasteiger partial charge in [-0.3, -0.25) is 4.98 Å². The lowest BCUT2D eigenvalue weighted by Gasteiger charge is -2.07. The van der Waals surface area contributed by atoms with Crippen molar-refractivity contribution in [1.29, 1.82) is 0 Å². The summed E-state index contributed by atoms with van der Waals surface area (Å²) in [5, 5.41) is 8.52. The van der Waals surface area contributed by atoms with Crippen molar-refractivity contribution in [3.8, 4) is 5.69 Å². The van der Waals surface area contributed by atoms with Gasteiger partial charge in [0.2, 0.25) is 0 Å². The Kier molecular flexibility index (Phi) is 4.56. The number of aryl methyl sites for hydroxylation is 1. The zero-order chi connectivity index (χ0) is 13.8. The van der Waals surface area contributed by atoms with Crippen molar-refractivity contribution in [2.24, 2.45) is 0 Å². The Morgan fingerprint density at radius 3 is 2.74 bits per heavy atom. The molecule has 0 aliphatic carbocycles. The van der Waals surface area contributed by atoms with Gasteiger partial charge in [0.15, 0.2) is 0 Å². The molecule has 0 spiro atoms. The van der Waals surface area contributed by atoms with Crippen LogP contribution in [0.25, 0.3) is 5.69 Å². The van der Waals surface area contributed by atoms with Gasteiger partial charge < -0.3 is 5.32 Å². The molecule has 1 N–H and O–H groups in total. The van der Waals surface area contributed by atoms with Gasteiger partial charge in [-0.2, -0.15) is 5.10 Å². The standard InChI is InChI=1S/C14H19ClN4/c1-4-5-16-7-12-6-13(9-17-8-12)19-11(3)14(15)10(2)18-19/h6,8-9,16H,4-5,7H2,1-3H3. The molecule has 0 amide bonds. The molecule has 2 heterocycles. The molecule has 5 heteroatoms. The summed E-state index contributed by atoms with van der Waals surface area (Å²) in [6, 6.07) is 2.09. The Morgan fingerprint density at radius 2 is 2.11 bits per heavy atom. The van der Waals surface area contributed by atoms with Crippen molar-refractivity contribution < 1.29 is 0 Å². The highest BCUT2D eigenvalue weighted by atomic mass is 35.5. The quantitative estimate of drug-likeness (QED) is 0.855. The number of hydrogen-bond acceptors (Lipinski definition) is 3. The van der Waals surface area contributed by atoms with Gasteiger partial charge in [0.25, 0.3) is 0 Å². The van der Waals surface area contributed by atoms with Crippen LogP contribution in [0.4, 0.5) is 0 Å². The number of aromatic nitrogens is 3. The van der Waals surface area contributed by atoms with E-state index in [9.17, 15) is 0 Å². The summed E-state index contributed by atoms with van der Waals surface area (Å²) in [5.74, 6) is 0. The monoisotopic (exact) mass is 278 g/mol. The third kappa shape index (κ3) is 3.14. The second-order valence-corrected chi connectivity index (χ2v) is 5.00. The number of halogens is 1. The summed E-state index contributed by atoms with van der Waals surface area (Å²) in [6.07, 6.45) is 4.80. The third-order valence-corrected chi connectivity index (χ3v) is 3.53. The van der Waals surface area contributed by atoms with Crippen LogP contribution in [0, 0.1) is 13.8 Å². The minimum atomic E-state index is 0.717. The van der Waals surface area contributed by atoms with E-state index < -0.39 is 0 Å². The van der Waals surface area contributed by atoms with Gasteiger partial charge in [-0.15, -0.1) is 0 Å². The highest BCUT2D eigenvalue weighted by Crippen LogP contribution is 2.22. The third-order valence-electron chi connectivity index (χ3n) is 2.98. The molecule has 0 aliphatic heterocycles. The van der Waals surface area contributed by atoms with Gasteiger partial charge >= 0.3 is 0 Å². The number of nitrogens with one attached hydrogen (secondary N) is 1. The summed E-state index contributed by atoms with van der Waals surface area (Å²) < 4.78 is 1.84. The minimum absolute atomic E-state index is 0.717. The van der Waals surface area contributed by atoms with Crippen LogP contribution in [0.5, 0.6) is 0 Å². The highest BCUT2D eigenvalue weighted by molar-refractivity contribution is 6.31. The van der Waals surface area contributed by atoms with E-state index in [2.05, 4.69) is 28.4 Å². The smallest absolute Gasteiger partial charge is 0.0848 e. The number of hydrogen-bond donors (Lipinski definition) is 1. The normalized spacial score (nSPS) is 10.9. The van der Waals surface area contributed by atoms with Crippen LogP contribution in [-0.2, 0) is 6.54 Å². The van der Waals surface area contributed by atoms with Crippen LogP contribution in [-0.4, -0.2) is 21.3 Å². The molecule has 19 heavy (non-hydrogen) atoms. The molecule has 0 saturated heterocycles. The van der Waals surface area contributed by atoms with Crippen LogP contribution in [0.15, 0.2) is 18.5 Å². The molecule has 0 bridgehead atoms. The topological polar surface area (TPSA) is 42.7 Å². The fraction of sp³-hybridized carbons (Fsp3) is 0.429. The number of pyridine rings is 1. The summed E-state index contributed by atoms with van der Waals surface area (Å²) >= 11 is 6.17. The van der Waals surface area contributed by atoms with Gasteiger partial charge in [-0.05, 0) is 38.4 Å². The first kappa shape index (κ1) is 14.0. The van der Waals surface area contributed by atoms with Crippen molar-refractivity contribution >= 4 is 11.6 Å². The SMILES string of the molecule is CCCNCc1cncc(-n2nc(C)c(Cl)c2C)c1. The van der Waals surface area contributed by atoms with E-state index in [1.165, 1.54) is 0 Å². The molecular weight excluding hydrogens is 260 g/mol. The van der Waals surface area contributed by atoms with Gasteiger partial charge in [0, 0.05) is 12.7 Å². The number of rotatable bonds is 5. The van der Waals surface area contributed by atoms with E-state index in [-0.39, 0.29) is 0 Å². The Hall–Kier alpha value is -1.39. The fourth-order valence-corrected chi connectivity index (χ4v) is 2.09. The molecule has 0 unspecified atom stereocenters. The minimum Gasteiger partial charge on any atom is -0.313 e. The summed E-state index contributed by atoms with van der Waals surface area (Å²) in [7, 11) is 0. The molecule has 0 atom stereocenters. The summed E-state index contributed by atoms with van der Waals surface area (Å²) in [6.45, 7) is 7.85. The van der Waals surface area contributed by atoms with E-state index in [0.717, 1.165) is 47.2 Å². The van der Waals surface area contributed by atoms with Crippen LogP contribution in [0.1, 0.15) is 30.3 Å². The predicted octanol–water partition coefficient (Wildman–Crippen LogP) is 3.04. The molecule has 0 fully saturated rings. The Bertz CT molecular complexity index is 563. The first-order chi connectivity index (χ1) is 9.13. The van der Waals surface area contributed by atoms with Gasteiger partial charge in [-0.25, -0.2) is 4.68 Å². The van der Waals surface area contributed by atoms with Gasteiger partial charge in [0.1, 0.15) is 0 Å². The maximum atomic E-state index is 6.17. The molecule has 4 nitrogen and oxygen atoms in total. The van der Waals surface area contributed by atoms with Gasteiger partial charge in [0.05, 0.1) is 28.3 Å². The maximum Gasteiger partial charge on any atom is 0.0848 e. The van der Waals surface area contributed by atoms with Crippen molar-refractivity contribution in [3.05, 3.63) is 40.4 Å². The lowest BCUT2D eigenvalue weighted by Crippen LogP contribution is -2.14. The molecule has 2 aromatic heterocycles. The van der Waals surface area contributed by atoms with Crippen molar-refractivity contribution in [2.75, 3.05) is 6.54 Å². The number of nitrogens with zero attached hydrogens (tertiary/aromatic N) is 3. The molecule has 102 valence electrons. The van der Waals surface area contributed by atoms with Crippen LogP contribution in [0.3, 0.4) is 0 Å². The van der Waals surface area contributed by atoms with Crippen molar-refractivity contribution in [2.45, 2.75) is 33.7 Å². The predicted molar refractivity (Wildman–Crippen MR) is 77.8 cm³/mol. The van der Waals surface area contributed by atoms with E-state index in [0.29, 0.717) is 0 Å². The molecule has 2 rings (SSSR count). The Labute approximate surface area is 118 Å². The molecular formula is C14H19ClN4. The Morgan fingerprint density at radius 1 is 1.32 bits per heavy atom. The Balaban J connectivity index is 2.25. The first-order valence-corrected chi connectivity index (χ1v) is 6.88. The molecule has 0 radical (unpaired) electrons. The lowest BCUT2D eigenvalue weighted by atomic mass is 10.2. The van der Waals surface area contributed by atoms with E-state index in [1.54, 1.807) is 6.20 Å². The van der Waals surface area contributed by atoms with Crippen molar-refractivity contribution in [1.82, 2.24) is 20.1 Å². The molecule has 0 aliphatic rings. The lowest BCUT2D eigenvalue weighted by molar-refractivity contribution is 0.672. The largest absolute Gasteiger partial charge is 0.313 e. The van der Waals surface area contributed by atoms with Crippen molar-refractivity contribution in [3.63, 3.8) is 0 Å². The first-order valence-electron chi connectivity index (χ1n) is 6.50. The van der Waals surface area contributed by atoms with Gasteiger partial charge in [-0.1, -0.05) is 18.5 Å². The van der Waals surface area contributed by atoms with E-state index in [4.69, 9.17) is 11.6 Å². The zero-order valence-electron chi connectivity index (χ0n) is 11.6.